The van der Waals surface area contributed by atoms with Crippen LogP contribution in [0.1, 0.15) is 22.0 Å². The molecule has 2 heterocycles. The second-order valence-electron chi connectivity index (χ2n) is 4.79. The summed E-state index contributed by atoms with van der Waals surface area (Å²) in [6, 6.07) is 10.5. The molecule has 0 saturated heterocycles. The van der Waals surface area contributed by atoms with Crippen LogP contribution in [0.25, 0.3) is 0 Å². The Bertz CT molecular complexity index is 590. The first-order chi connectivity index (χ1) is 9.29. The first kappa shape index (κ1) is 12.9. The number of rotatable bonds is 3. The summed E-state index contributed by atoms with van der Waals surface area (Å²) < 4.78 is 0. The van der Waals surface area contributed by atoms with Crippen molar-refractivity contribution in [2.75, 3.05) is 6.54 Å². The van der Waals surface area contributed by atoms with E-state index in [1.807, 2.05) is 35.6 Å². The van der Waals surface area contributed by atoms with Crippen LogP contribution in [0.5, 0.6) is 0 Å². The van der Waals surface area contributed by atoms with Crippen LogP contribution >= 0.6 is 22.9 Å². The van der Waals surface area contributed by atoms with Crippen LogP contribution in [0.4, 0.5) is 0 Å². The van der Waals surface area contributed by atoms with Crippen LogP contribution < -0.4 is 0 Å². The Hall–Kier alpha value is -1.09. The molecule has 1 aliphatic rings. The van der Waals surface area contributed by atoms with Crippen molar-refractivity contribution < 1.29 is 0 Å². The third kappa shape index (κ3) is 2.48. The molecule has 0 amide bonds. The first-order valence-corrected chi connectivity index (χ1v) is 7.71. The Morgan fingerprint density at radius 1 is 1.32 bits per heavy atom. The zero-order valence-corrected chi connectivity index (χ0v) is 12.3. The summed E-state index contributed by atoms with van der Waals surface area (Å²) in [6.45, 7) is 6.05. The molecule has 0 aliphatic carbocycles. The van der Waals surface area contributed by atoms with E-state index in [1.54, 1.807) is 0 Å². The van der Waals surface area contributed by atoms with Crippen molar-refractivity contribution in [2.45, 2.75) is 19.0 Å². The number of hydrogen-bond acceptors (Lipinski definition) is 2. The van der Waals surface area contributed by atoms with Crippen LogP contribution in [0.2, 0.25) is 5.02 Å². The van der Waals surface area contributed by atoms with Gasteiger partial charge in [0.1, 0.15) is 0 Å². The summed E-state index contributed by atoms with van der Waals surface area (Å²) in [5, 5.41) is 3.01. The van der Waals surface area contributed by atoms with Gasteiger partial charge in [-0.1, -0.05) is 35.9 Å². The monoisotopic (exact) mass is 289 g/mol. The Labute approximate surface area is 123 Å². The van der Waals surface area contributed by atoms with Crippen molar-refractivity contribution in [1.29, 1.82) is 0 Å². The van der Waals surface area contributed by atoms with E-state index >= 15 is 0 Å². The molecule has 0 bridgehead atoms. The van der Waals surface area contributed by atoms with Gasteiger partial charge in [0.15, 0.2) is 0 Å². The summed E-state index contributed by atoms with van der Waals surface area (Å²) in [4.78, 5) is 3.97. The van der Waals surface area contributed by atoms with Crippen LogP contribution in [-0.4, -0.2) is 11.4 Å². The molecule has 1 nitrogen and oxygen atoms in total. The van der Waals surface area contributed by atoms with Crippen LogP contribution in [0.3, 0.4) is 0 Å². The highest BCUT2D eigenvalue weighted by Gasteiger charge is 2.24. The second-order valence-corrected chi connectivity index (χ2v) is 6.20. The van der Waals surface area contributed by atoms with Crippen molar-refractivity contribution in [3.63, 3.8) is 0 Å². The minimum Gasteiger partial charge on any atom is -0.288 e. The topological polar surface area (TPSA) is 3.24 Å². The minimum atomic E-state index is 0.196. The molecule has 1 aliphatic heterocycles. The number of thiophene rings is 1. The molecule has 0 spiro atoms. The Morgan fingerprint density at radius 3 is 2.95 bits per heavy atom. The SMILES string of the molecule is C=C[C@H](c1ccccc1Cl)N1CCc2sccc2C1. The van der Waals surface area contributed by atoms with Crippen LogP contribution in [0.15, 0.2) is 48.4 Å². The highest BCUT2D eigenvalue weighted by molar-refractivity contribution is 7.10. The van der Waals surface area contributed by atoms with Crippen molar-refractivity contribution in [3.05, 3.63) is 69.4 Å². The fraction of sp³-hybridized carbons (Fsp3) is 0.250. The van der Waals surface area contributed by atoms with Crippen LogP contribution in [-0.2, 0) is 13.0 Å². The fourth-order valence-corrected chi connectivity index (χ4v) is 3.83. The van der Waals surface area contributed by atoms with E-state index in [2.05, 4.69) is 29.0 Å². The van der Waals surface area contributed by atoms with E-state index in [0.29, 0.717) is 0 Å². The molecule has 0 unspecified atom stereocenters. The van der Waals surface area contributed by atoms with Gasteiger partial charge in [-0.15, -0.1) is 17.9 Å². The maximum Gasteiger partial charge on any atom is 0.0547 e. The Balaban J connectivity index is 1.89. The summed E-state index contributed by atoms with van der Waals surface area (Å²) in [6.07, 6.45) is 3.13. The van der Waals surface area contributed by atoms with Crippen LogP contribution in [0, 0.1) is 0 Å². The highest BCUT2D eigenvalue weighted by Crippen LogP contribution is 2.33. The number of benzene rings is 1. The van der Waals surface area contributed by atoms with Gasteiger partial charge < -0.3 is 0 Å². The average molecular weight is 290 g/mol. The molecule has 19 heavy (non-hydrogen) atoms. The predicted molar refractivity (Wildman–Crippen MR) is 82.8 cm³/mol. The average Bonchev–Trinajstić information content (AvgIpc) is 2.89. The molecule has 0 fully saturated rings. The lowest BCUT2D eigenvalue weighted by molar-refractivity contribution is 0.214. The standard InChI is InChI=1S/C16H16ClNS/c1-2-15(13-5-3-4-6-14(13)17)18-9-7-16-12(11-18)8-10-19-16/h2-6,8,10,15H,1,7,9,11H2/t15-/m1/s1. The van der Waals surface area contributed by atoms with Gasteiger partial charge in [-0.25, -0.2) is 0 Å². The molecule has 98 valence electrons. The molecule has 0 radical (unpaired) electrons. The summed E-state index contributed by atoms with van der Waals surface area (Å²) in [5.41, 5.74) is 2.60. The lowest BCUT2D eigenvalue weighted by atomic mass is 10.0. The number of nitrogens with zero attached hydrogens (tertiary/aromatic N) is 1. The lowest BCUT2D eigenvalue weighted by Gasteiger charge is -2.33. The molecular weight excluding hydrogens is 274 g/mol. The summed E-state index contributed by atoms with van der Waals surface area (Å²) in [7, 11) is 0. The molecule has 0 saturated carbocycles. The number of fused-ring (bicyclic) bond motifs is 1. The van der Waals surface area contributed by atoms with E-state index < -0.39 is 0 Å². The minimum absolute atomic E-state index is 0.196. The fourth-order valence-electron chi connectivity index (χ4n) is 2.70. The molecule has 0 N–H and O–H groups in total. The smallest absolute Gasteiger partial charge is 0.0547 e. The van der Waals surface area contributed by atoms with Gasteiger partial charge in [0.2, 0.25) is 0 Å². The maximum atomic E-state index is 6.32. The van der Waals surface area contributed by atoms with Gasteiger partial charge in [0, 0.05) is 23.0 Å². The molecule has 1 aromatic heterocycles. The van der Waals surface area contributed by atoms with Crippen molar-refractivity contribution >= 4 is 22.9 Å². The summed E-state index contributed by atoms with van der Waals surface area (Å²) in [5.74, 6) is 0. The molecule has 1 aromatic carbocycles. The molecular formula is C16H16ClNS. The van der Waals surface area contributed by atoms with Gasteiger partial charge in [0.05, 0.1) is 6.04 Å². The zero-order valence-electron chi connectivity index (χ0n) is 10.7. The highest BCUT2D eigenvalue weighted by atomic mass is 35.5. The van der Waals surface area contributed by atoms with E-state index in [-0.39, 0.29) is 6.04 Å². The Morgan fingerprint density at radius 2 is 2.16 bits per heavy atom. The third-order valence-electron chi connectivity index (χ3n) is 3.68. The number of halogens is 1. The molecule has 3 rings (SSSR count). The number of hydrogen-bond donors (Lipinski definition) is 0. The van der Waals surface area contributed by atoms with E-state index in [9.17, 15) is 0 Å². The van der Waals surface area contributed by atoms with E-state index in [4.69, 9.17) is 11.6 Å². The van der Waals surface area contributed by atoms with Gasteiger partial charge in [-0.2, -0.15) is 0 Å². The predicted octanol–water partition coefficient (Wildman–Crippen LogP) is 4.69. The van der Waals surface area contributed by atoms with Crippen molar-refractivity contribution in [1.82, 2.24) is 4.90 Å². The molecule has 2 aromatic rings. The lowest BCUT2D eigenvalue weighted by Crippen LogP contribution is -2.32. The normalized spacial score (nSPS) is 16.9. The van der Waals surface area contributed by atoms with Crippen molar-refractivity contribution in [3.8, 4) is 0 Å². The molecule has 3 heteroatoms. The van der Waals surface area contributed by atoms with E-state index in [1.165, 1.54) is 10.4 Å². The van der Waals surface area contributed by atoms with Gasteiger partial charge in [-0.05, 0) is 35.1 Å². The second kappa shape index (κ2) is 5.49. The Kier molecular flexibility index (Phi) is 3.74. The largest absolute Gasteiger partial charge is 0.288 e. The van der Waals surface area contributed by atoms with Gasteiger partial charge in [0.25, 0.3) is 0 Å². The van der Waals surface area contributed by atoms with Crippen molar-refractivity contribution in [2.24, 2.45) is 0 Å². The molecule has 1 atom stereocenters. The maximum absolute atomic E-state index is 6.32. The van der Waals surface area contributed by atoms with Gasteiger partial charge >= 0.3 is 0 Å². The summed E-state index contributed by atoms with van der Waals surface area (Å²) >= 11 is 8.19. The quantitative estimate of drug-likeness (QED) is 0.741. The third-order valence-corrected chi connectivity index (χ3v) is 5.04. The first-order valence-electron chi connectivity index (χ1n) is 6.46. The van der Waals surface area contributed by atoms with E-state index in [0.717, 1.165) is 30.1 Å². The van der Waals surface area contributed by atoms with Gasteiger partial charge in [-0.3, -0.25) is 4.90 Å². The zero-order chi connectivity index (χ0) is 13.2.